The van der Waals surface area contributed by atoms with Crippen LogP contribution in [0.4, 0.5) is 0 Å². The molecule has 0 spiro atoms. The molecule has 0 saturated heterocycles. The van der Waals surface area contributed by atoms with Crippen molar-refractivity contribution in [3.63, 3.8) is 0 Å². The highest BCUT2D eigenvalue weighted by Crippen LogP contribution is 2.23. The normalized spacial score (nSPS) is 11.6. The summed E-state index contributed by atoms with van der Waals surface area (Å²) in [7, 11) is 4.02. The Morgan fingerprint density at radius 1 is 0.897 bits per heavy atom. The zero-order valence-electron chi connectivity index (χ0n) is 18.3. The van der Waals surface area contributed by atoms with Gasteiger partial charge in [-0.25, -0.2) is 0 Å². The third-order valence-electron chi connectivity index (χ3n) is 5.21. The fraction of sp³-hybridized carbons (Fsp3) is 0.458. The quantitative estimate of drug-likeness (QED) is 0.211. The van der Waals surface area contributed by atoms with Crippen molar-refractivity contribution >= 4 is 29.9 Å². The number of hydrogen-bond acceptors (Lipinski definition) is 2. The van der Waals surface area contributed by atoms with E-state index in [2.05, 4.69) is 102 Å². The van der Waals surface area contributed by atoms with Gasteiger partial charge in [-0.15, -0.1) is 24.0 Å². The molecule has 0 aliphatic carbocycles. The fourth-order valence-electron chi connectivity index (χ4n) is 3.17. The van der Waals surface area contributed by atoms with Gasteiger partial charge in [0, 0.05) is 32.1 Å². The molecule has 0 fully saturated rings. The van der Waals surface area contributed by atoms with Gasteiger partial charge in [-0.3, -0.25) is 4.99 Å². The Morgan fingerprint density at radius 2 is 1.45 bits per heavy atom. The fourth-order valence-corrected chi connectivity index (χ4v) is 3.17. The first kappa shape index (κ1) is 25.4. The minimum atomic E-state index is 0. The number of aliphatic imine (C=N–C) groups is 1. The zero-order valence-corrected chi connectivity index (χ0v) is 20.6. The molecule has 2 aromatic carbocycles. The van der Waals surface area contributed by atoms with Crippen LogP contribution in [0.1, 0.15) is 43.7 Å². The molecule has 4 nitrogen and oxygen atoms in total. The maximum absolute atomic E-state index is 4.39. The van der Waals surface area contributed by atoms with E-state index < -0.39 is 0 Å². The Bertz CT molecular complexity index is 649. The Morgan fingerprint density at radius 3 is 1.93 bits per heavy atom. The van der Waals surface area contributed by atoms with Crippen molar-refractivity contribution in [2.75, 3.05) is 33.7 Å². The molecule has 0 atom stereocenters. The van der Waals surface area contributed by atoms with E-state index in [0.717, 1.165) is 32.0 Å². The maximum Gasteiger partial charge on any atom is 0.191 e. The third-order valence-corrected chi connectivity index (χ3v) is 5.21. The van der Waals surface area contributed by atoms with E-state index >= 15 is 0 Å². The van der Waals surface area contributed by atoms with Crippen molar-refractivity contribution in [2.45, 2.75) is 38.6 Å². The molecule has 0 unspecified atom stereocenters. The van der Waals surface area contributed by atoms with E-state index in [0.29, 0.717) is 12.0 Å². The van der Waals surface area contributed by atoms with Crippen LogP contribution in [-0.4, -0.2) is 50.6 Å². The standard InChI is InChI=1S/C24H36N4.HI/c1-20(2)28(4)18-12-11-17-26-24(25-3)27-19-23(21-13-7-5-8-14-21)22-15-9-6-10-16-22;/h5-10,13-16,20,23H,11-12,17-19H2,1-4H3,(H2,25,26,27);1H. The van der Waals surface area contributed by atoms with E-state index in [-0.39, 0.29) is 24.0 Å². The molecule has 0 heterocycles. The summed E-state index contributed by atoms with van der Waals surface area (Å²) in [4.78, 5) is 6.78. The molecule has 29 heavy (non-hydrogen) atoms. The minimum Gasteiger partial charge on any atom is -0.356 e. The second kappa shape index (κ2) is 14.4. The average Bonchev–Trinajstić information content (AvgIpc) is 2.73. The highest BCUT2D eigenvalue weighted by atomic mass is 127. The number of halogens is 1. The van der Waals surface area contributed by atoms with Crippen molar-refractivity contribution in [1.29, 1.82) is 0 Å². The van der Waals surface area contributed by atoms with Gasteiger partial charge in [0.25, 0.3) is 0 Å². The molecule has 0 amide bonds. The topological polar surface area (TPSA) is 39.7 Å². The predicted octanol–water partition coefficient (Wildman–Crippen LogP) is 4.72. The summed E-state index contributed by atoms with van der Waals surface area (Å²) in [6, 6.07) is 21.9. The number of benzene rings is 2. The lowest BCUT2D eigenvalue weighted by Gasteiger charge is -2.21. The summed E-state index contributed by atoms with van der Waals surface area (Å²) in [5, 5.41) is 6.96. The minimum absolute atomic E-state index is 0. The molecule has 0 saturated carbocycles. The van der Waals surface area contributed by atoms with Crippen molar-refractivity contribution in [2.24, 2.45) is 4.99 Å². The Hall–Kier alpha value is -1.60. The molecule has 2 aromatic rings. The number of hydrogen-bond donors (Lipinski definition) is 2. The van der Waals surface area contributed by atoms with Crippen LogP contribution in [0.15, 0.2) is 65.7 Å². The third kappa shape index (κ3) is 9.17. The molecule has 0 aliphatic heterocycles. The van der Waals surface area contributed by atoms with Gasteiger partial charge in [0.05, 0.1) is 0 Å². The van der Waals surface area contributed by atoms with Gasteiger partial charge in [0.1, 0.15) is 0 Å². The molecule has 0 bridgehead atoms. The van der Waals surface area contributed by atoms with Gasteiger partial charge in [-0.05, 0) is 51.4 Å². The summed E-state index contributed by atoms with van der Waals surface area (Å²) in [6.07, 6.45) is 2.33. The Labute approximate surface area is 194 Å². The second-order valence-electron chi connectivity index (χ2n) is 7.54. The van der Waals surface area contributed by atoms with Crippen LogP contribution in [0.5, 0.6) is 0 Å². The predicted molar refractivity (Wildman–Crippen MR) is 137 cm³/mol. The molecule has 5 heteroatoms. The second-order valence-corrected chi connectivity index (χ2v) is 7.54. The van der Waals surface area contributed by atoms with Crippen LogP contribution in [0, 0.1) is 0 Å². The Kier molecular flexibility index (Phi) is 12.6. The lowest BCUT2D eigenvalue weighted by Crippen LogP contribution is -2.40. The van der Waals surface area contributed by atoms with E-state index in [4.69, 9.17) is 0 Å². The molecule has 160 valence electrons. The molecule has 2 N–H and O–H groups in total. The van der Waals surface area contributed by atoms with E-state index in [9.17, 15) is 0 Å². The number of nitrogens with one attached hydrogen (secondary N) is 2. The number of nitrogens with zero attached hydrogens (tertiary/aromatic N) is 2. The van der Waals surface area contributed by atoms with Crippen molar-refractivity contribution < 1.29 is 0 Å². The first-order chi connectivity index (χ1) is 13.6. The van der Waals surface area contributed by atoms with E-state index in [1.54, 1.807) is 0 Å². The van der Waals surface area contributed by atoms with Crippen LogP contribution in [-0.2, 0) is 0 Å². The molecule has 2 rings (SSSR count). The first-order valence-corrected chi connectivity index (χ1v) is 10.4. The van der Waals surface area contributed by atoms with Crippen LogP contribution >= 0.6 is 24.0 Å². The van der Waals surface area contributed by atoms with Gasteiger partial charge in [-0.1, -0.05) is 60.7 Å². The largest absolute Gasteiger partial charge is 0.356 e. The SMILES string of the molecule is CN=C(NCCCCN(C)C(C)C)NCC(c1ccccc1)c1ccccc1.I. The highest BCUT2D eigenvalue weighted by Gasteiger charge is 2.14. The lowest BCUT2D eigenvalue weighted by molar-refractivity contribution is 0.268. The highest BCUT2D eigenvalue weighted by molar-refractivity contribution is 14.0. The van der Waals surface area contributed by atoms with Crippen LogP contribution in [0.2, 0.25) is 0 Å². The lowest BCUT2D eigenvalue weighted by atomic mass is 9.91. The summed E-state index contributed by atoms with van der Waals surface area (Å²) >= 11 is 0. The summed E-state index contributed by atoms with van der Waals surface area (Å²) < 4.78 is 0. The molecule has 0 aromatic heterocycles. The molecular formula is C24H37IN4. The summed E-state index contributed by atoms with van der Waals surface area (Å²) in [5.41, 5.74) is 2.63. The molecule has 0 aliphatic rings. The summed E-state index contributed by atoms with van der Waals surface area (Å²) in [5.74, 6) is 1.16. The monoisotopic (exact) mass is 508 g/mol. The molecular weight excluding hydrogens is 471 g/mol. The van der Waals surface area contributed by atoms with Crippen LogP contribution < -0.4 is 10.6 Å². The van der Waals surface area contributed by atoms with E-state index in [1.807, 2.05) is 7.05 Å². The van der Waals surface area contributed by atoms with Crippen molar-refractivity contribution in [3.05, 3.63) is 71.8 Å². The number of rotatable bonds is 10. The van der Waals surface area contributed by atoms with Crippen molar-refractivity contribution in [1.82, 2.24) is 15.5 Å². The van der Waals surface area contributed by atoms with Crippen LogP contribution in [0.25, 0.3) is 0 Å². The van der Waals surface area contributed by atoms with Gasteiger partial charge < -0.3 is 15.5 Å². The van der Waals surface area contributed by atoms with Gasteiger partial charge in [0.15, 0.2) is 5.96 Å². The van der Waals surface area contributed by atoms with Crippen LogP contribution in [0.3, 0.4) is 0 Å². The Balaban J connectivity index is 0.00000420. The molecule has 0 radical (unpaired) electrons. The van der Waals surface area contributed by atoms with Gasteiger partial charge in [0.2, 0.25) is 0 Å². The van der Waals surface area contributed by atoms with Gasteiger partial charge >= 0.3 is 0 Å². The number of guanidine groups is 1. The smallest absolute Gasteiger partial charge is 0.191 e. The summed E-state index contributed by atoms with van der Waals surface area (Å²) in [6.45, 7) is 7.35. The average molecular weight is 508 g/mol. The number of unbranched alkanes of at least 4 members (excludes halogenated alkanes) is 1. The van der Waals surface area contributed by atoms with E-state index in [1.165, 1.54) is 17.5 Å². The van der Waals surface area contributed by atoms with Gasteiger partial charge in [-0.2, -0.15) is 0 Å². The maximum atomic E-state index is 4.39. The van der Waals surface area contributed by atoms with Crippen molar-refractivity contribution in [3.8, 4) is 0 Å². The first-order valence-electron chi connectivity index (χ1n) is 10.4. The zero-order chi connectivity index (χ0) is 20.2.